The van der Waals surface area contributed by atoms with E-state index in [4.69, 9.17) is 18.9 Å². The number of ether oxygens (including phenoxy) is 4. The Balaban J connectivity index is 1.28. The Morgan fingerprint density at radius 2 is 1.28 bits per heavy atom. The van der Waals surface area contributed by atoms with Gasteiger partial charge in [0.05, 0.1) is 19.9 Å². The molecule has 5 aromatic rings. The molecule has 1 amide bonds. The number of hydrogen-bond donors (Lipinski definition) is 3. The lowest BCUT2D eigenvalue weighted by molar-refractivity contribution is -0.105. The Bertz CT molecular complexity index is 1700. The van der Waals surface area contributed by atoms with Crippen molar-refractivity contribution in [2.75, 3.05) is 32.7 Å². The number of rotatable bonds is 19. The molecule has 0 spiro atoms. The molecule has 3 N–H and O–H groups in total. The van der Waals surface area contributed by atoms with Crippen LogP contribution in [-0.2, 0) is 23.2 Å². The first-order chi connectivity index (χ1) is 24.4. The molecule has 1 unspecified atom stereocenters. The summed E-state index contributed by atoms with van der Waals surface area (Å²) in [7, 11) is 3.35. The van der Waals surface area contributed by atoms with Crippen molar-refractivity contribution in [1.82, 2.24) is 5.32 Å². The number of hydrogen-bond acceptors (Lipinski definition) is 7. The zero-order chi connectivity index (χ0) is 35.2. The molecule has 260 valence electrons. The summed E-state index contributed by atoms with van der Waals surface area (Å²) in [6.07, 6.45) is 1.34. The van der Waals surface area contributed by atoms with Crippen molar-refractivity contribution in [2.45, 2.75) is 43.9 Å². The third kappa shape index (κ3) is 9.65. The van der Waals surface area contributed by atoms with Crippen LogP contribution in [-0.4, -0.2) is 51.0 Å². The third-order valence-electron chi connectivity index (χ3n) is 8.84. The predicted molar refractivity (Wildman–Crippen MR) is 197 cm³/mol. The fraction of sp³-hybridized carbons (Fsp3) is 0.262. The summed E-state index contributed by atoms with van der Waals surface area (Å²) in [5, 5.41) is 17.2. The summed E-state index contributed by atoms with van der Waals surface area (Å²) in [6.45, 7) is 2.90. The predicted octanol–water partition coefficient (Wildman–Crippen LogP) is 7.19. The molecule has 5 aromatic carbocycles. The van der Waals surface area contributed by atoms with Crippen molar-refractivity contribution < 1.29 is 28.8 Å². The highest BCUT2D eigenvalue weighted by atomic mass is 16.5. The molecule has 50 heavy (non-hydrogen) atoms. The van der Waals surface area contributed by atoms with E-state index in [0.29, 0.717) is 36.7 Å². The molecule has 0 bridgehead atoms. The topological polar surface area (TPSA) is 98.3 Å². The minimum absolute atomic E-state index is 0.0157. The number of benzene rings is 5. The van der Waals surface area contributed by atoms with Crippen LogP contribution in [0.25, 0.3) is 0 Å². The molecule has 0 aliphatic rings. The third-order valence-corrected chi connectivity index (χ3v) is 8.84. The van der Waals surface area contributed by atoms with Gasteiger partial charge in [0.25, 0.3) is 0 Å². The van der Waals surface area contributed by atoms with Crippen molar-refractivity contribution in [3.63, 3.8) is 0 Å². The maximum Gasteiger partial charge on any atom is 0.211 e. The highest BCUT2D eigenvalue weighted by Gasteiger charge is 2.36. The molecule has 0 radical (unpaired) electrons. The molecule has 0 aliphatic heterocycles. The molecule has 0 fully saturated rings. The van der Waals surface area contributed by atoms with Crippen LogP contribution in [0.5, 0.6) is 23.0 Å². The van der Waals surface area contributed by atoms with Crippen molar-refractivity contribution in [3.8, 4) is 23.0 Å². The molecule has 8 nitrogen and oxygen atoms in total. The van der Waals surface area contributed by atoms with Crippen LogP contribution in [0.15, 0.2) is 127 Å². The Kier molecular flexibility index (Phi) is 12.9. The van der Waals surface area contributed by atoms with Crippen molar-refractivity contribution in [3.05, 3.63) is 150 Å². The number of nitrogens with one attached hydrogen (secondary N) is 2. The van der Waals surface area contributed by atoms with Gasteiger partial charge in [-0.05, 0) is 78.4 Å². The lowest BCUT2D eigenvalue weighted by Crippen LogP contribution is -2.42. The van der Waals surface area contributed by atoms with Crippen LogP contribution in [0.3, 0.4) is 0 Å². The Morgan fingerprint density at radius 3 is 1.84 bits per heavy atom. The van der Waals surface area contributed by atoms with Crippen LogP contribution >= 0.6 is 0 Å². The molecule has 0 heterocycles. The average molecular weight is 675 g/mol. The molecular formula is C42H46N2O6. The summed E-state index contributed by atoms with van der Waals surface area (Å²) in [4.78, 5) is 11.3. The highest BCUT2D eigenvalue weighted by Crippen LogP contribution is 2.41. The second-order valence-corrected chi connectivity index (χ2v) is 12.4. The molecule has 0 saturated carbocycles. The number of carbonyl (C=O) groups excluding carboxylic acids is 1. The van der Waals surface area contributed by atoms with E-state index >= 15 is 0 Å². The fourth-order valence-corrected chi connectivity index (χ4v) is 6.26. The van der Waals surface area contributed by atoms with Crippen LogP contribution in [0.1, 0.15) is 35.6 Å². The standard InChI is InChI=1S/C42H46N2O6/c1-31(43-27-36(46)29-49-39-22-23-41(40(24-39)44-30-45)50-28-33-12-8-5-9-13-33)25-42(26-32-10-6-4-7-11-32,34-14-18-37(47-2)19-15-34)35-16-20-38(48-3)21-17-35/h4-24,30-31,36,43,46H,25-29H2,1-3H3,(H,44,45)/t31?,36-/m0/s1. The quantitative estimate of drug-likeness (QED) is 0.0798. The Hall–Kier alpha value is -5.31. The van der Waals surface area contributed by atoms with E-state index in [-0.39, 0.29) is 12.6 Å². The van der Waals surface area contributed by atoms with E-state index in [1.54, 1.807) is 32.4 Å². The van der Waals surface area contributed by atoms with Crippen molar-refractivity contribution in [2.24, 2.45) is 0 Å². The first-order valence-electron chi connectivity index (χ1n) is 16.8. The van der Waals surface area contributed by atoms with E-state index in [9.17, 15) is 9.90 Å². The minimum atomic E-state index is -0.778. The number of amides is 1. The summed E-state index contributed by atoms with van der Waals surface area (Å²) in [5.41, 5.74) is 4.66. The monoisotopic (exact) mass is 674 g/mol. The number of carbonyl (C=O) groups is 1. The van der Waals surface area contributed by atoms with Crippen molar-refractivity contribution >= 4 is 12.1 Å². The first-order valence-corrected chi connectivity index (χ1v) is 16.8. The van der Waals surface area contributed by atoms with Gasteiger partial charge in [0.15, 0.2) is 0 Å². The maximum atomic E-state index is 11.3. The van der Waals surface area contributed by atoms with Gasteiger partial charge in [-0.2, -0.15) is 0 Å². The molecular weight excluding hydrogens is 628 g/mol. The molecule has 2 atom stereocenters. The fourth-order valence-electron chi connectivity index (χ4n) is 6.26. The second-order valence-electron chi connectivity index (χ2n) is 12.4. The minimum Gasteiger partial charge on any atom is -0.497 e. The Labute approximate surface area is 295 Å². The summed E-state index contributed by atoms with van der Waals surface area (Å²) < 4.78 is 22.9. The lowest BCUT2D eigenvalue weighted by atomic mass is 9.67. The van der Waals surface area contributed by atoms with Crippen LogP contribution < -0.4 is 29.6 Å². The Morgan fingerprint density at radius 1 is 0.720 bits per heavy atom. The van der Waals surface area contributed by atoms with Gasteiger partial charge in [-0.25, -0.2) is 0 Å². The molecule has 5 rings (SSSR count). The number of methoxy groups -OCH3 is 2. The van der Waals surface area contributed by atoms with E-state index in [1.165, 1.54) is 16.7 Å². The average Bonchev–Trinajstić information content (AvgIpc) is 3.16. The SMILES string of the molecule is COc1ccc(C(Cc2ccccc2)(CC(C)NC[C@H](O)COc2ccc(OCc3ccccc3)c(NC=O)c2)c2ccc(OC)cc2)cc1. The summed E-state index contributed by atoms with van der Waals surface area (Å²) >= 11 is 0. The zero-order valence-corrected chi connectivity index (χ0v) is 28.9. The van der Waals surface area contributed by atoms with E-state index in [0.717, 1.165) is 29.9 Å². The number of aliphatic hydroxyl groups is 1. The number of aliphatic hydroxyl groups excluding tert-OH is 1. The maximum absolute atomic E-state index is 11.3. The van der Waals surface area contributed by atoms with Crippen LogP contribution in [0, 0.1) is 0 Å². The van der Waals surface area contributed by atoms with Crippen LogP contribution in [0.4, 0.5) is 5.69 Å². The van der Waals surface area contributed by atoms with Gasteiger partial charge >= 0.3 is 0 Å². The van der Waals surface area contributed by atoms with Gasteiger partial charge in [0.2, 0.25) is 6.41 Å². The van der Waals surface area contributed by atoms with E-state index < -0.39 is 11.5 Å². The molecule has 0 aliphatic carbocycles. The van der Waals surface area contributed by atoms with Gasteiger partial charge in [-0.1, -0.05) is 84.9 Å². The van der Waals surface area contributed by atoms with E-state index in [1.807, 2.05) is 60.7 Å². The highest BCUT2D eigenvalue weighted by molar-refractivity contribution is 5.76. The van der Waals surface area contributed by atoms with Crippen molar-refractivity contribution in [1.29, 1.82) is 0 Å². The second kappa shape index (κ2) is 17.9. The molecule has 8 heteroatoms. The smallest absolute Gasteiger partial charge is 0.211 e. The molecule has 0 saturated heterocycles. The van der Waals surface area contributed by atoms with Gasteiger partial charge in [-0.15, -0.1) is 0 Å². The normalized spacial score (nSPS) is 12.4. The summed E-state index contributed by atoms with van der Waals surface area (Å²) in [6, 6.07) is 42.2. The van der Waals surface area contributed by atoms with Crippen LogP contribution in [0.2, 0.25) is 0 Å². The largest absolute Gasteiger partial charge is 0.497 e. The van der Waals surface area contributed by atoms with E-state index in [2.05, 4.69) is 66.1 Å². The van der Waals surface area contributed by atoms with Gasteiger partial charge in [0.1, 0.15) is 42.3 Å². The summed E-state index contributed by atoms with van der Waals surface area (Å²) in [5.74, 6) is 2.64. The number of anilines is 1. The van der Waals surface area contributed by atoms with Gasteiger partial charge in [-0.3, -0.25) is 4.79 Å². The molecule has 0 aromatic heterocycles. The lowest BCUT2D eigenvalue weighted by Gasteiger charge is -2.38. The first kappa shape index (κ1) is 36.0. The van der Waals surface area contributed by atoms with Gasteiger partial charge < -0.3 is 34.7 Å². The zero-order valence-electron chi connectivity index (χ0n) is 28.9. The van der Waals surface area contributed by atoms with Gasteiger partial charge in [0, 0.05) is 24.1 Å².